The molecule has 1 aliphatic heterocycles. The van der Waals surface area contributed by atoms with E-state index in [1.165, 1.54) is 0 Å². The van der Waals surface area contributed by atoms with Gasteiger partial charge in [0.2, 0.25) is 0 Å². The van der Waals surface area contributed by atoms with Crippen molar-refractivity contribution in [1.82, 2.24) is 10.2 Å². The fraction of sp³-hybridized carbons (Fsp3) is 0.500. The minimum Gasteiger partial charge on any atom is -0.345 e. The Morgan fingerprint density at radius 1 is 1.14 bits per heavy atom. The van der Waals surface area contributed by atoms with E-state index in [2.05, 4.69) is 22.5 Å². The fourth-order valence-electron chi connectivity index (χ4n) is 2.58. The van der Waals surface area contributed by atoms with Gasteiger partial charge < -0.3 is 15.5 Å². The van der Waals surface area contributed by atoms with E-state index in [0.29, 0.717) is 5.69 Å². The van der Waals surface area contributed by atoms with Crippen LogP contribution in [0.5, 0.6) is 0 Å². The number of nitrogens with zero attached hydrogens (tertiary/aromatic N) is 1. The molecule has 0 radical (unpaired) electrons. The number of hydrogen-bond donors (Lipinski definition) is 2. The summed E-state index contributed by atoms with van der Waals surface area (Å²) in [6.45, 7) is 5.25. The summed E-state index contributed by atoms with van der Waals surface area (Å²) in [7, 11) is 0. The molecular formula is C16H23N3O2. The minimum absolute atomic E-state index is 0.104. The molecule has 0 spiro atoms. The van der Waals surface area contributed by atoms with E-state index in [9.17, 15) is 9.59 Å². The predicted octanol–water partition coefficient (Wildman–Crippen LogP) is 1.62. The number of nitrogens with one attached hydrogen (secondary N) is 2. The van der Waals surface area contributed by atoms with Crippen molar-refractivity contribution in [2.24, 2.45) is 0 Å². The number of hydrogen-bond acceptors (Lipinski definition) is 3. The van der Waals surface area contributed by atoms with Crippen LogP contribution in [-0.4, -0.2) is 42.4 Å². The molecule has 0 aliphatic carbocycles. The van der Waals surface area contributed by atoms with Gasteiger partial charge in [-0.1, -0.05) is 25.1 Å². The molecule has 1 aromatic carbocycles. The van der Waals surface area contributed by atoms with Gasteiger partial charge >= 0.3 is 11.8 Å². The number of carbonyl (C=O) groups is 2. The molecule has 1 aromatic rings. The van der Waals surface area contributed by atoms with E-state index in [0.717, 1.165) is 38.9 Å². The lowest BCUT2D eigenvalue weighted by molar-refractivity contribution is -0.136. The average molecular weight is 289 g/mol. The Morgan fingerprint density at radius 3 is 2.43 bits per heavy atom. The first-order valence-electron chi connectivity index (χ1n) is 7.58. The van der Waals surface area contributed by atoms with Crippen LogP contribution in [0, 0.1) is 0 Å². The summed E-state index contributed by atoms with van der Waals surface area (Å²) in [5, 5.41) is 5.42. The quantitative estimate of drug-likeness (QED) is 0.828. The first-order chi connectivity index (χ1) is 10.2. The Kier molecular flexibility index (Phi) is 5.75. The molecule has 0 saturated carbocycles. The summed E-state index contributed by atoms with van der Waals surface area (Å²) in [5.74, 6) is -1.15. The van der Waals surface area contributed by atoms with Crippen LogP contribution in [0.1, 0.15) is 26.2 Å². The number of rotatable bonds is 4. The van der Waals surface area contributed by atoms with Crippen LogP contribution >= 0.6 is 0 Å². The minimum atomic E-state index is -0.600. The smallest absolute Gasteiger partial charge is 0.313 e. The topological polar surface area (TPSA) is 61.4 Å². The number of likely N-dealkylation sites (tertiary alicyclic amines) is 1. The monoisotopic (exact) mass is 289 g/mol. The van der Waals surface area contributed by atoms with Crippen LogP contribution in [0.15, 0.2) is 30.3 Å². The normalized spacial score (nSPS) is 16.4. The molecule has 2 N–H and O–H groups in total. The summed E-state index contributed by atoms with van der Waals surface area (Å²) in [4.78, 5) is 26.1. The molecular weight excluding hydrogens is 266 g/mol. The second-order valence-electron chi connectivity index (χ2n) is 5.41. The van der Waals surface area contributed by atoms with Gasteiger partial charge in [-0.25, -0.2) is 0 Å². The molecule has 5 heteroatoms. The third-order valence-electron chi connectivity index (χ3n) is 3.70. The van der Waals surface area contributed by atoms with Crippen molar-refractivity contribution in [2.45, 2.75) is 32.2 Å². The highest BCUT2D eigenvalue weighted by molar-refractivity contribution is 6.39. The van der Waals surface area contributed by atoms with Gasteiger partial charge in [0.15, 0.2) is 0 Å². The van der Waals surface area contributed by atoms with Crippen LogP contribution in [0.25, 0.3) is 0 Å². The highest BCUT2D eigenvalue weighted by Gasteiger charge is 2.22. The van der Waals surface area contributed by atoms with E-state index in [4.69, 9.17) is 0 Å². The van der Waals surface area contributed by atoms with Crippen LogP contribution in [0.4, 0.5) is 5.69 Å². The summed E-state index contributed by atoms with van der Waals surface area (Å²) in [5.41, 5.74) is 0.635. The molecule has 114 valence electrons. The number of anilines is 1. The lowest BCUT2D eigenvalue weighted by Crippen LogP contribution is -2.47. The largest absolute Gasteiger partial charge is 0.345 e. The zero-order valence-corrected chi connectivity index (χ0v) is 12.5. The Morgan fingerprint density at radius 2 is 1.81 bits per heavy atom. The maximum atomic E-state index is 11.9. The molecule has 0 atom stereocenters. The lowest BCUT2D eigenvalue weighted by Gasteiger charge is -2.31. The summed E-state index contributed by atoms with van der Waals surface area (Å²) >= 11 is 0. The second kappa shape index (κ2) is 7.78. The van der Waals surface area contributed by atoms with Crippen molar-refractivity contribution in [3.8, 4) is 0 Å². The van der Waals surface area contributed by atoms with Crippen LogP contribution in [0.2, 0.25) is 0 Å². The second-order valence-corrected chi connectivity index (χ2v) is 5.41. The van der Waals surface area contributed by atoms with Gasteiger partial charge in [-0.2, -0.15) is 0 Å². The number of para-hydroxylation sites is 1. The van der Waals surface area contributed by atoms with Gasteiger partial charge in [0.1, 0.15) is 0 Å². The highest BCUT2D eigenvalue weighted by atomic mass is 16.2. The lowest BCUT2D eigenvalue weighted by atomic mass is 10.0. The third-order valence-corrected chi connectivity index (χ3v) is 3.70. The standard InChI is InChI=1S/C16H23N3O2/c1-2-10-19-11-8-14(9-12-19)18-16(21)15(20)17-13-6-4-3-5-7-13/h3-7,14H,2,8-12H2,1H3,(H,17,20)(H,18,21). The molecule has 2 rings (SSSR count). The summed E-state index contributed by atoms with van der Waals surface area (Å²) in [6.07, 6.45) is 2.96. The van der Waals surface area contributed by atoms with Crippen molar-refractivity contribution in [1.29, 1.82) is 0 Å². The number of amides is 2. The first-order valence-corrected chi connectivity index (χ1v) is 7.58. The van der Waals surface area contributed by atoms with Gasteiger partial charge in [0, 0.05) is 24.8 Å². The molecule has 2 amide bonds. The molecule has 0 bridgehead atoms. The van der Waals surface area contributed by atoms with Gasteiger partial charge in [-0.3, -0.25) is 9.59 Å². The third kappa shape index (κ3) is 4.86. The predicted molar refractivity (Wildman–Crippen MR) is 83.0 cm³/mol. The van der Waals surface area contributed by atoms with Crippen LogP contribution in [-0.2, 0) is 9.59 Å². The van der Waals surface area contributed by atoms with Gasteiger partial charge in [0.05, 0.1) is 0 Å². The Labute approximate surface area is 125 Å². The average Bonchev–Trinajstić information content (AvgIpc) is 2.50. The maximum absolute atomic E-state index is 11.9. The zero-order chi connectivity index (χ0) is 15.1. The van der Waals surface area contributed by atoms with E-state index in [-0.39, 0.29) is 6.04 Å². The van der Waals surface area contributed by atoms with Gasteiger partial charge in [0.25, 0.3) is 0 Å². The first kappa shape index (κ1) is 15.5. The molecule has 5 nitrogen and oxygen atoms in total. The summed E-state index contributed by atoms with van der Waals surface area (Å²) < 4.78 is 0. The highest BCUT2D eigenvalue weighted by Crippen LogP contribution is 2.11. The molecule has 0 aromatic heterocycles. The fourth-order valence-corrected chi connectivity index (χ4v) is 2.58. The Hall–Kier alpha value is -1.88. The SMILES string of the molecule is CCCN1CCC(NC(=O)C(=O)Nc2ccccc2)CC1. The van der Waals surface area contributed by atoms with E-state index in [1.807, 2.05) is 18.2 Å². The Bertz CT molecular complexity index is 468. The van der Waals surface area contributed by atoms with E-state index < -0.39 is 11.8 Å². The number of carbonyl (C=O) groups excluding carboxylic acids is 2. The van der Waals surface area contributed by atoms with Crippen molar-refractivity contribution in [3.05, 3.63) is 30.3 Å². The molecule has 1 heterocycles. The molecule has 21 heavy (non-hydrogen) atoms. The zero-order valence-electron chi connectivity index (χ0n) is 12.5. The van der Waals surface area contributed by atoms with Crippen molar-refractivity contribution < 1.29 is 9.59 Å². The van der Waals surface area contributed by atoms with Gasteiger partial charge in [-0.15, -0.1) is 0 Å². The van der Waals surface area contributed by atoms with Crippen LogP contribution < -0.4 is 10.6 Å². The number of benzene rings is 1. The molecule has 1 saturated heterocycles. The van der Waals surface area contributed by atoms with Crippen LogP contribution in [0.3, 0.4) is 0 Å². The molecule has 1 fully saturated rings. The van der Waals surface area contributed by atoms with Crippen molar-refractivity contribution in [3.63, 3.8) is 0 Å². The Balaban J connectivity index is 1.75. The van der Waals surface area contributed by atoms with Crippen molar-refractivity contribution >= 4 is 17.5 Å². The molecule has 0 unspecified atom stereocenters. The van der Waals surface area contributed by atoms with Gasteiger partial charge in [-0.05, 0) is 37.9 Å². The number of piperidine rings is 1. The van der Waals surface area contributed by atoms with E-state index in [1.54, 1.807) is 12.1 Å². The van der Waals surface area contributed by atoms with E-state index >= 15 is 0 Å². The van der Waals surface area contributed by atoms with Crippen molar-refractivity contribution in [2.75, 3.05) is 25.0 Å². The molecule has 1 aliphatic rings. The summed E-state index contributed by atoms with van der Waals surface area (Å²) in [6, 6.07) is 9.11. The maximum Gasteiger partial charge on any atom is 0.313 e.